The first-order valence-electron chi connectivity index (χ1n) is 15.9. The van der Waals surface area contributed by atoms with Crippen LogP contribution in [0.25, 0.3) is 11.1 Å². The Balaban J connectivity index is 1.03. The fraction of sp³-hybridized carbons (Fsp3) is 0.438. The highest BCUT2D eigenvalue weighted by Crippen LogP contribution is 2.35. The third kappa shape index (κ3) is 7.72. The van der Waals surface area contributed by atoms with Crippen molar-refractivity contribution in [1.29, 1.82) is 0 Å². The van der Waals surface area contributed by atoms with Crippen molar-refractivity contribution in [3.05, 3.63) is 72.8 Å². The number of nitrogens with one attached hydrogen (secondary N) is 1. The van der Waals surface area contributed by atoms with Crippen molar-refractivity contribution in [2.24, 2.45) is 0 Å². The Morgan fingerprint density at radius 3 is 2.60 bits per heavy atom. The Morgan fingerprint density at radius 2 is 1.85 bits per heavy atom. The number of rotatable bonds is 12. The van der Waals surface area contributed by atoms with Gasteiger partial charge in [0, 0.05) is 37.1 Å². The number of nitrogens with zero attached hydrogens (tertiary/aromatic N) is 9. The first-order chi connectivity index (χ1) is 23.1. The van der Waals surface area contributed by atoms with Crippen LogP contribution in [0.2, 0.25) is 5.02 Å². The maximum absolute atomic E-state index is 6.46. The van der Waals surface area contributed by atoms with Gasteiger partial charge in [0.15, 0.2) is 6.61 Å². The number of halogens is 1. The second-order valence-electron chi connectivity index (χ2n) is 11.8. The normalized spacial score (nSPS) is 19.4. The Bertz CT molecular complexity index is 1700. The molecule has 246 valence electrons. The van der Waals surface area contributed by atoms with Gasteiger partial charge in [-0.1, -0.05) is 17.7 Å². The van der Waals surface area contributed by atoms with E-state index in [9.17, 15) is 0 Å². The average molecular weight is 661 g/mol. The zero-order chi connectivity index (χ0) is 32.0. The molecule has 0 amide bonds. The van der Waals surface area contributed by atoms with Crippen molar-refractivity contribution in [2.75, 3.05) is 31.6 Å². The number of hydrogen-bond donors (Lipinski definition) is 1. The lowest BCUT2D eigenvalue weighted by atomic mass is 9.90. The molecule has 0 bridgehead atoms. The van der Waals surface area contributed by atoms with E-state index in [2.05, 4.69) is 35.3 Å². The molecule has 1 aromatic carbocycles. The Morgan fingerprint density at radius 1 is 1.04 bits per heavy atom. The van der Waals surface area contributed by atoms with Gasteiger partial charge >= 0.3 is 0 Å². The van der Waals surface area contributed by atoms with E-state index in [4.69, 9.17) is 35.3 Å². The van der Waals surface area contributed by atoms with E-state index >= 15 is 0 Å². The quantitative estimate of drug-likeness (QED) is 0.188. The molecule has 2 fully saturated rings. The zero-order valence-corrected chi connectivity index (χ0v) is 26.9. The molecule has 5 aromatic rings. The van der Waals surface area contributed by atoms with Crippen molar-refractivity contribution >= 4 is 23.2 Å². The van der Waals surface area contributed by atoms with Crippen LogP contribution >= 0.6 is 11.6 Å². The number of morpholine rings is 1. The number of hydrogen-bond acceptors (Lipinski definition) is 12. The predicted molar refractivity (Wildman–Crippen MR) is 173 cm³/mol. The van der Waals surface area contributed by atoms with Gasteiger partial charge in [-0.15, -0.1) is 5.10 Å². The van der Waals surface area contributed by atoms with E-state index in [1.165, 1.54) is 12.6 Å². The molecule has 1 saturated heterocycles. The molecule has 14 nitrogen and oxygen atoms in total. The van der Waals surface area contributed by atoms with Gasteiger partial charge in [0.25, 0.3) is 5.88 Å². The second-order valence-corrected chi connectivity index (χ2v) is 12.2. The number of aromatic nitrogens is 8. The van der Waals surface area contributed by atoms with Gasteiger partial charge in [-0.25, -0.2) is 24.6 Å². The molecule has 15 heteroatoms. The molecule has 2 aliphatic rings. The summed E-state index contributed by atoms with van der Waals surface area (Å²) in [5.41, 5.74) is 2.36. The van der Waals surface area contributed by atoms with Crippen LogP contribution < -0.4 is 14.8 Å². The highest BCUT2D eigenvalue weighted by atomic mass is 35.5. The van der Waals surface area contributed by atoms with Crippen molar-refractivity contribution in [3.8, 4) is 22.8 Å². The van der Waals surface area contributed by atoms with Crippen LogP contribution in [-0.4, -0.2) is 82.8 Å². The molecule has 0 radical (unpaired) electrons. The van der Waals surface area contributed by atoms with Gasteiger partial charge in [-0.2, -0.15) is 5.10 Å². The fourth-order valence-electron chi connectivity index (χ4n) is 6.12. The standard InChI is InChI=1S/C32H37ClN10O4/c1-22(17-42-21-34-20-38-42)47-29-14-23(2-7-27(29)33)24-15-36-32(37-16-24)39-28-18-43(40-31(28)46-19-30-35-8-11-45-30)26-5-3-25(4-6-26)41-9-12-44-13-10-41/h2,7-8,11,14-16,18,20-22,25-26H,3-6,9-10,12-13,17,19H2,1H3,(H,36,37,39)/t22-,25?,26?/m0/s1. The van der Waals surface area contributed by atoms with Crippen LogP contribution in [0.15, 0.2) is 66.3 Å². The number of ether oxygens (including phenoxy) is 3. The minimum Gasteiger partial charge on any atom is -0.487 e. The van der Waals surface area contributed by atoms with Crippen LogP contribution in [0.5, 0.6) is 11.6 Å². The minimum atomic E-state index is -0.173. The molecule has 1 N–H and O–H groups in total. The lowest BCUT2D eigenvalue weighted by Crippen LogP contribution is -2.45. The van der Waals surface area contributed by atoms with Gasteiger partial charge in [0.05, 0.1) is 43.2 Å². The lowest BCUT2D eigenvalue weighted by molar-refractivity contribution is 0.00502. The maximum Gasteiger partial charge on any atom is 0.257 e. The summed E-state index contributed by atoms with van der Waals surface area (Å²) in [6, 6.07) is 6.48. The SMILES string of the molecule is C[C@@H](Cn1cncn1)Oc1cc(-c2cnc(Nc3cn(C4CCC(N5CCOCC5)CC4)nc3OCc3ncco3)nc2)ccc1Cl. The van der Waals surface area contributed by atoms with Crippen molar-refractivity contribution in [2.45, 2.75) is 63.9 Å². The van der Waals surface area contributed by atoms with Crippen LogP contribution in [0.4, 0.5) is 11.6 Å². The van der Waals surface area contributed by atoms with Crippen LogP contribution in [0.1, 0.15) is 44.5 Å². The van der Waals surface area contributed by atoms with Crippen LogP contribution in [0.3, 0.4) is 0 Å². The minimum absolute atomic E-state index is 0.153. The van der Waals surface area contributed by atoms with Gasteiger partial charge in [0.2, 0.25) is 11.8 Å². The number of benzene rings is 1. The molecule has 1 atom stereocenters. The Kier molecular flexibility index (Phi) is 9.58. The van der Waals surface area contributed by atoms with Gasteiger partial charge in [0.1, 0.15) is 36.5 Å². The molecule has 1 saturated carbocycles. The van der Waals surface area contributed by atoms with E-state index in [-0.39, 0.29) is 18.8 Å². The summed E-state index contributed by atoms with van der Waals surface area (Å²) in [7, 11) is 0. The second kappa shape index (κ2) is 14.5. The molecule has 47 heavy (non-hydrogen) atoms. The summed E-state index contributed by atoms with van der Waals surface area (Å²) in [6.45, 7) is 6.32. The van der Waals surface area contributed by atoms with Gasteiger partial charge < -0.3 is 23.9 Å². The summed E-state index contributed by atoms with van der Waals surface area (Å²) < 4.78 is 26.8. The highest BCUT2D eigenvalue weighted by Gasteiger charge is 2.29. The van der Waals surface area contributed by atoms with Crippen molar-refractivity contribution in [1.82, 2.24) is 44.4 Å². The van der Waals surface area contributed by atoms with Crippen LogP contribution in [0, 0.1) is 0 Å². The van der Waals surface area contributed by atoms with Crippen LogP contribution in [-0.2, 0) is 17.9 Å². The molecule has 1 aliphatic carbocycles. The highest BCUT2D eigenvalue weighted by molar-refractivity contribution is 6.32. The van der Waals surface area contributed by atoms with E-state index in [1.54, 1.807) is 35.7 Å². The third-order valence-corrected chi connectivity index (χ3v) is 8.83. The molecular weight excluding hydrogens is 624 g/mol. The zero-order valence-electron chi connectivity index (χ0n) is 26.1. The Hall–Kier alpha value is -4.53. The smallest absolute Gasteiger partial charge is 0.257 e. The van der Waals surface area contributed by atoms with Crippen molar-refractivity contribution < 1.29 is 18.6 Å². The molecule has 0 spiro atoms. The summed E-state index contributed by atoms with van der Waals surface area (Å²) in [4.78, 5) is 19.9. The summed E-state index contributed by atoms with van der Waals surface area (Å²) in [5.74, 6) is 1.89. The van der Waals surface area contributed by atoms with E-state index in [1.807, 2.05) is 29.9 Å². The van der Waals surface area contributed by atoms with Crippen molar-refractivity contribution in [3.63, 3.8) is 0 Å². The topological polar surface area (TPSA) is 143 Å². The van der Waals surface area contributed by atoms with Gasteiger partial charge in [-0.3, -0.25) is 9.58 Å². The summed E-state index contributed by atoms with van der Waals surface area (Å²) in [6.07, 6.45) is 15.9. The summed E-state index contributed by atoms with van der Waals surface area (Å²) in [5, 5.41) is 12.8. The van der Waals surface area contributed by atoms with E-state index in [0.717, 1.165) is 63.1 Å². The fourth-order valence-corrected chi connectivity index (χ4v) is 6.28. The average Bonchev–Trinajstić information content (AvgIpc) is 3.89. The molecule has 5 heterocycles. The van der Waals surface area contributed by atoms with E-state index < -0.39 is 0 Å². The molecule has 4 aromatic heterocycles. The van der Waals surface area contributed by atoms with E-state index in [0.29, 0.717) is 46.8 Å². The summed E-state index contributed by atoms with van der Waals surface area (Å²) >= 11 is 6.46. The monoisotopic (exact) mass is 660 g/mol. The molecule has 1 aliphatic heterocycles. The first kappa shape index (κ1) is 31.1. The Labute approximate surface area is 277 Å². The number of oxazole rings is 1. The largest absolute Gasteiger partial charge is 0.487 e. The number of anilines is 2. The third-order valence-electron chi connectivity index (χ3n) is 8.52. The predicted octanol–water partition coefficient (Wildman–Crippen LogP) is 5.18. The lowest BCUT2D eigenvalue weighted by Gasteiger charge is -2.38. The molecule has 0 unspecified atom stereocenters. The first-order valence-corrected chi connectivity index (χ1v) is 16.3. The molecule has 7 rings (SSSR count). The molecular formula is C32H37ClN10O4. The maximum atomic E-state index is 6.46. The van der Waals surface area contributed by atoms with Gasteiger partial charge in [-0.05, 0) is 50.3 Å².